The highest BCUT2D eigenvalue weighted by molar-refractivity contribution is 7.16. The number of aromatic nitrogens is 1. The molecule has 4 nitrogen and oxygen atoms in total. The number of carbonyl (C=O) groups excluding carboxylic acids is 1. The van der Waals surface area contributed by atoms with Crippen LogP contribution in [-0.4, -0.2) is 10.9 Å². The molecule has 2 aromatic rings. The molecule has 1 amide bonds. The lowest BCUT2D eigenvalue weighted by Crippen LogP contribution is -2.12. The number of pyridine rings is 1. The zero-order chi connectivity index (χ0) is 14.8. The second-order valence-electron chi connectivity index (χ2n) is 5.36. The molecule has 106 valence electrons. The highest BCUT2D eigenvalue weighted by Gasteiger charge is 2.24. The number of fused-ring (bicyclic) bond motifs is 1. The molecule has 1 N–H and O–H groups in total. The van der Waals surface area contributed by atoms with Crippen LogP contribution in [0, 0.1) is 17.2 Å². The summed E-state index contributed by atoms with van der Waals surface area (Å²) in [5.41, 5.74) is 2.27. The quantitative estimate of drug-likeness (QED) is 0.924. The van der Waals surface area contributed by atoms with Crippen LogP contribution in [0.3, 0.4) is 0 Å². The lowest BCUT2D eigenvalue weighted by atomic mass is 9.88. The van der Waals surface area contributed by atoms with Gasteiger partial charge < -0.3 is 5.32 Å². The minimum atomic E-state index is -0.216. The number of hydrogen-bond acceptors (Lipinski definition) is 4. The van der Waals surface area contributed by atoms with Crippen molar-refractivity contribution in [2.24, 2.45) is 5.92 Å². The summed E-state index contributed by atoms with van der Waals surface area (Å²) in [4.78, 5) is 17.4. The molecule has 5 heteroatoms. The number of nitrogens with one attached hydrogen (secondary N) is 1. The number of nitrogens with zero attached hydrogens (tertiary/aromatic N) is 2. The maximum Gasteiger partial charge on any atom is 0.257 e. The van der Waals surface area contributed by atoms with Crippen LogP contribution < -0.4 is 5.32 Å². The van der Waals surface area contributed by atoms with Gasteiger partial charge in [-0.2, -0.15) is 5.26 Å². The van der Waals surface area contributed by atoms with E-state index in [0.717, 1.165) is 24.8 Å². The summed E-state index contributed by atoms with van der Waals surface area (Å²) in [7, 11) is 0. The van der Waals surface area contributed by atoms with E-state index in [2.05, 4.69) is 23.3 Å². The summed E-state index contributed by atoms with van der Waals surface area (Å²) < 4.78 is 0. The van der Waals surface area contributed by atoms with E-state index in [1.54, 1.807) is 18.3 Å². The average Bonchev–Trinajstić information content (AvgIpc) is 2.84. The Morgan fingerprint density at radius 2 is 2.43 bits per heavy atom. The first-order valence-electron chi connectivity index (χ1n) is 6.95. The fourth-order valence-corrected chi connectivity index (χ4v) is 3.99. The first-order valence-corrected chi connectivity index (χ1v) is 7.76. The minimum absolute atomic E-state index is 0.216. The molecular weight excluding hydrogens is 282 g/mol. The standard InChI is InChI=1S/C16H15N3OS/c1-10-4-5-12-13(8-17)16(21-14(12)7-10)19-15(20)11-3-2-6-18-9-11/h2-3,6,9-10H,4-5,7H2,1H3,(H,19,20). The van der Waals surface area contributed by atoms with Crippen LogP contribution in [0.2, 0.25) is 0 Å². The van der Waals surface area contributed by atoms with Gasteiger partial charge in [0.05, 0.1) is 11.1 Å². The number of anilines is 1. The zero-order valence-corrected chi connectivity index (χ0v) is 12.5. The van der Waals surface area contributed by atoms with Crippen LogP contribution in [0.1, 0.15) is 39.7 Å². The molecule has 1 aliphatic carbocycles. The fraction of sp³-hybridized carbons (Fsp3) is 0.312. The third-order valence-electron chi connectivity index (χ3n) is 3.77. The summed E-state index contributed by atoms with van der Waals surface area (Å²) in [6.45, 7) is 2.22. The third-order valence-corrected chi connectivity index (χ3v) is 4.94. The van der Waals surface area contributed by atoms with Crippen molar-refractivity contribution in [3.63, 3.8) is 0 Å². The highest BCUT2D eigenvalue weighted by Crippen LogP contribution is 2.39. The van der Waals surface area contributed by atoms with Crippen LogP contribution in [0.5, 0.6) is 0 Å². The van der Waals surface area contributed by atoms with Gasteiger partial charge in [0.25, 0.3) is 5.91 Å². The Labute approximate surface area is 127 Å². The number of nitriles is 1. The van der Waals surface area contributed by atoms with E-state index in [1.807, 2.05) is 0 Å². The molecule has 0 saturated carbocycles. The Morgan fingerprint density at radius 3 is 3.14 bits per heavy atom. The molecule has 21 heavy (non-hydrogen) atoms. The molecule has 0 fully saturated rings. The van der Waals surface area contributed by atoms with Crippen molar-refractivity contribution in [1.29, 1.82) is 5.26 Å². The zero-order valence-electron chi connectivity index (χ0n) is 11.7. The predicted octanol–water partition coefficient (Wildman–Crippen LogP) is 3.39. The smallest absolute Gasteiger partial charge is 0.257 e. The summed E-state index contributed by atoms with van der Waals surface area (Å²) in [5.74, 6) is 0.427. The lowest BCUT2D eigenvalue weighted by molar-refractivity contribution is 0.102. The Morgan fingerprint density at radius 1 is 1.57 bits per heavy atom. The van der Waals surface area contributed by atoms with E-state index in [0.29, 0.717) is 22.0 Å². The van der Waals surface area contributed by atoms with E-state index >= 15 is 0 Å². The Bertz CT molecular complexity index is 715. The van der Waals surface area contributed by atoms with Gasteiger partial charge in [0.1, 0.15) is 11.1 Å². The largest absolute Gasteiger partial charge is 0.312 e. The van der Waals surface area contributed by atoms with Gasteiger partial charge in [0, 0.05) is 17.3 Å². The van der Waals surface area contributed by atoms with E-state index in [1.165, 1.54) is 22.4 Å². The van der Waals surface area contributed by atoms with Gasteiger partial charge in [0.2, 0.25) is 0 Å². The first-order chi connectivity index (χ1) is 10.2. The van der Waals surface area contributed by atoms with Crippen molar-refractivity contribution in [3.8, 4) is 6.07 Å². The molecular formula is C16H15N3OS. The molecule has 2 aromatic heterocycles. The van der Waals surface area contributed by atoms with Crippen LogP contribution >= 0.6 is 11.3 Å². The molecule has 0 spiro atoms. The highest BCUT2D eigenvalue weighted by atomic mass is 32.1. The Hall–Kier alpha value is -2.19. The predicted molar refractivity (Wildman–Crippen MR) is 82.4 cm³/mol. The van der Waals surface area contributed by atoms with E-state index in [-0.39, 0.29) is 5.91 Å². The van der Waals surface area contributed by atoms with Crippen molar-refractivity contribution >= 4 is 22.2 Å². The van der Waals surface area contributed by atoms with Gasteiger partial charge in [-0.25, -0.2) is 0 Å². The number of hydrogen-bond donors (Lipinski definition) is 1. The molecule has 2 heterocycles. The van der Waals surface area contributed by atoms with Gasteiger partial charge >= 0.3 is 0 Å². The molecule has 0 radical (unpaired) electrons. The third kappa shape index (κ3) is 2.67. The van der Waals surface area contributed by atoms with Crippen molar-refractivity contribution < 1.29 is 4.79 Å². The molecule has 3 rings (SSSR count). The normalized spacial score (nSPS) is 16.9. The van der Waals surface area contributed by atoms with Crippen LogP contribution in [-0.2, 0) is 12.8 Å². The van der Waals surface area contributed by atoms with E-state index in [9.17, 15) is 10.1 Å². The fourth-order valence-electron chi connectivity index (χ4n) is 2.63. The second kappa shape index (κ2) is 5.66. The molecule has 1 atom stereocenters. The number of carbonyl (C=O) groups is 1. The van der Waals surface area contributed by atoms with Gasteiger partial charge in [-0.15, -0.1) is 11.3 Å². The first kappa shape index (κ1) is 13.8. The van der Waals surface area contributed by atoms with E-state index in [4.69, 9.17) is 0 Å². The summed E-state index contributed by atoms with van der Waals surface area (Å²) in [6.07, 6.45) is 6.18. The van der Waals surface area contributed by atoms with Crippen molar-refractivity contribution in [3.05, 3.63) is 46.1 Å². The summed E-state index contributed by atoms with van der Waals surface area (Å²) in [5, 5.41) is 12.9. The molecule has 0 bridgehead atoms. The maximum absolute atomic E-state index is 12.2. The Balaban J connectivity index is 1.90. The molecule has 0 saturated heterocycles. The Kier molecular flexibility index (Phi) is 3.72. The summed E-state index contributed by atoms with van der Waals surface area (Å²) in [6, 6.07) is 5.69. The van der Waals surface area contributed by atoms with Crippen molar-refractivity contribution in [2.75, 3.05) is 5.32 Å². The number of thiophene rings is 1. The number of rotatable bonds is 2. The SMILES string of the molecule is CC1CCc2c(sc(NC(=O)c3cccnc3)c2C#N)C1. The minimum Gasteiger partial charge on any atom is -0.312 e. The molecule has 0 aromatic carbocycles. The van der Waals surface area contributed by atoms with Gasteiger partial charge in [-0.05, 0) is 42.9 Å². The lowest BCUT2D eigenvalue weighted by Gasteiger charge is -2.17. The monoisotopic (exact) mass is 297 g/mol. The second-order valence-corrected chi connectivity index (χ2v) is 6.47. The van der Waals surface area contributed by atoms with Crippen LogP contribution in [0.15, 0.2) is 24.5 Å². The summed E-state index contributed by atoms with van der Waals surface area (Å²) >= 11 is 1.54. The van der Waals surface area contributed by atoms with Crippen LogP contribution in [0.4, 0.5) is 5.00 Å². The van der Waals surface area contributed by atoms with Gasteiger partial charge in [0.15, 0.2) is 0 Å². The maximum atomic E-state index is 12.2. The van der Waals surface area contributed by atoms with Crippen molar-refractivity contribution in [2.45, 2.75) is 26.2 Å². The van der Waals surface area contributed by atoms with Crippen LogP contribution in [0.25, 0.3) is 0 Å². The molecule has 1 aliphatic rings. The van der Waals surface area contributed by atoms with Gasteiger partial charge in [-0.1, -0.05) is 6.92 Å². The van der Waals surface area contributed by atoms with E-state index < -0.39 is 0 Å². The average molecular weight is 297 g/mol. The number of amides is 1. The van der Waals surface area contributed by atoms with Gasteiger partial charge in [-0.3, -0.25) is 9.78 Å². The molecule has 1 unspecified atom stereocenters. The molecule has 0 aliphatic heterocycles. The topological polar surface area (TPSA) is 65.8 Å². The van der Waals surface area contributed by atoms with Crippen molar-refractivity contribution in [1.82, 2.24) is 4.98 Å².